The van der Waals surface area contributed by atoms with Crippen molar-refractivity contribution in [3.05, 3.63) is 57.5 Å². The van der Waals surface area contributed by atoms with Gasteiger partial charge in [0.1, 0.15) is 11.4 Å². The molecule has 1 aromatic heterocycles. The van der Waals surface area contributed by atoms with Crippen LogP contribution in [-0.4, -0.2) is 17.4 Å². The second-order valence-electron chi connectivity index (χ2n) is 4.85. The van der Waals surface area contributed by atoms with Gasteiger partial charge in [-0.3, -0.25) is 0 Å². The minimum absolute atomic E-state index is 0.214. The van der Waals surface area contributed by atoms with Crippen LogP contribution in [0.2, 0.25) is 5.02 Å². The van der Waals surface area contributed by atoms with Gasteiger partial charge in [0.25, 0.3) is 0 Å². The Labute approximate surface area is 146 Å². The van der Waals surface area contributed by atoms with Gasteiger partial charge < -0.3 is 14.4 Å². The average molecular weight is 395 g/mol. The van der Waals surface area contributed by atoms with Gasteiger partial charge in [0.2, 0.25) is 0 Å². The third-order valence-corrected chi connectivity index (χ3v) is 4.29. The Morgan fingerprint density at radius 1 is 1.26 bits per heavy atom. The summed E-state index contributed by atoms with van der Waals surface area (Å²) in [5, 5.41) is 14.5. The van der Waals surface area contributed by atoms with E-state index >= 15 is 0 Å². The van der Waals surface area contributed by atoms with E-state index in [9.17, 15) is 5.11 Å². The Morgan fingerprint density at radius 2 is 2.09 bits per heavy atom. The number of benzene rings is 2. The predicted octanol–water partition coefficient (Wildman–Crippen LogP) is 4.93. The van der Waals surface area contributed by atoms with Crippen LogP contribution in [0.1, 0.15) is 5.56 Å². The second-order valence-corrected chi connectivity index (χ2v) is 6.18. The van der Waals surface area contributed by atoms with Crippen molar-refractivity contribution in [1.29, 1.82) is 0 Å². The molecule has 0 saturated carbocycles. The van der Waals surface area contributed by atoms with E-state index in [0.29, 0.717) is 33.4 Å². The highest BCUT2D eigenvalue weighted by atomic mass is 79.9. The van der Waals surface area contributed by atoms with E-state index in [1.54, 1.807) is 13.2 Å². The van der Waals surface area contributed by atoms with E-state index < -0.39 is 0 Å². The molecule has 118 valence electrons. The van der Waals surface area contributed by atoms with Crippen molar-refractivity contribution in [2.45, 2.75) is 6.61 Å². The van der Waals surface area contributed by atoms with E-state index in [1.807, 2.05) is 36.4 Å². The number of aromatic nitrogens is 1. The van der Waals surface area contributed by atoms with Gasteiger partial charge in [0.05, 0.1) is 24.3 Å². The lowest BCUT2D eigenvalue weighted by Gasteiger charge is -2.05. The molecule has 1 heterocycles. The van der Waals surface area contributed by atoms with Crippen molar-refractivity contribution >= 4 is 27.5 Å². The first-order valence-corrected chi connectivity index (χ1v) is 8.00. The van der Waals surface area contributed by atoms with Gasteiger partial charge >= 0.3 is 0 Å². The Bertz CT molecular complexity index is 848. The van der Waals surface area contributed by atoms with Gasteiger partial charge in [-0.25, -0.2) is 0 Å². The molecule has 0 aliphatic carbocycles. The quantitative estimate of drug-likeness (QED) is 0.682. The highest BCUT2D eigenvalue weighted by Gasteiger charge is 2.20. The molecule has 0 aliphatic rings. The third-order valence-electron chi connectivity index (χ3n) is 3.46. The normalized spacial score (nSPS) is 10.8. The lowest BCUT2D eigenvalue weighted by molar-refractivity contribution is 0.281. The van der Waals surface area contributed by atoms with Crippen molar-refractivity contribution in [2.75, 3.05) is 7.11 Å². The summed E-state index contributed by atoms with van der Waals surface area (Å²) in [6.07, 6.45) is 0. The summed E-state index contributed by atoms with van der Waals surface area (Å²) < 4.78 is 11.6. The standard InChI is InChI=1S/C17H13BrClNO3/c1-22-12-4-2-3-10(7-12)16-14(9-21)17(23-20-16)13-8-11(18)5-6-15(13)19/h2-8,21H,9H2,1H3. The Kier molecular flexibility index (Phi) is 4.71. The number of hydrogen-bond donors (Lipinski definition) is 1. The molecule has 6 heteroatoms. The molecular formula is C17H13BrClNO3. The van der Waals surface area contributed by atoms with Gasteiger partial charge in [0, 0.05) is 15.6 Å². The monoisotopic (exact) mass is 393 g/mol. The van der Waals surface area contributed by atoms with E-state index in [1.165, 1.54) is 0 Å². The van der Waals surface area contributed by atoms with Gasteiger partial charge in [-0.15, -0.1) is 0 Å². The van der Waals surface area contributed by atoms with Crippen molar-refractivity contribution in [1.82, 2.24) is 5.16 Å². The summed E-state index contributed by atoms with van der Waals surface area (Å²) in [4.78, 5) is 0. The Balaban J connectivity index is 2.15. The van der Waals surface area contributed by atoms with Gasteiger partial charge in [-0.2, -0.15) is 0 Å². The van der Waals surface area contributed by atoms with Crippen LogP contribution in [0, 0.1) is 0 Å². The van der Waals surface area contributed by atoms with Crippen LogP contribution < -0.4 is 4.74 Å². The largest absolute Gasteiger partial charge is 0.497 e. The van der Waals surface area contributed by atoms with Crippen molar-refractivity contribution in [2.24, 2.45) is 0 Å². The third kappa shape index (κ3) is 3.13. The van der Waals surface area contributed by atoms with Crippen LogP contribution in [0.5, 0.6) is 5.75 Å². The van der Waals surface area contributed by atoms with E-state index in [2.05, 4.69) is 21.1 Å². The van der Waals surface area contributed by atoms with Crippen molar-refractivity contribution in [3.8, 4) is 28.3 Å². The number of halogens is 2. The molecule has 1 N–H and O–H groups in total. The molecule has 2 aromatic carbocycles. The smallest absolute Gasteiger partial charge is 0.174 e. The van der Waals surface area contributed by atoms with Gasteiger partial charge in [-0.1, -0.05) is 44.8 Å². The molecule has 0 amide bonds. The minimum Gasteiger partial charge on any atom is -0.497 e. The summed E-state index contributed by atoms with van der Waals surface area (Å²) in [5.41, 5.74) is 2.62. The molecular weight excluding hydrogens is 382 g/mol. The van der Waals surface area contributed by atoms with Crippen LogP contribution >= 0.6 is 27.5 Å². The van der Waals surface area contributed by atoms with Crippen LogP contribution in [0.15, 0.2) is 51.5 Å². The summed E-state index contributed by atoms with van der Waals surface area (Å²) in [6, 6.07) is 12.8. The topological polar surface area (TPSA) is 55.5 Å². The molecule has 3 aromatic rings. The molecule has 0 radical (unpaired) electrons. The molecule has 0 saturated heterocycles. The zero-order valence-corrected chi connectivity index (χ0v) is 14.6. The second kappa shape index (κ2) is 6.74. The number of nitrogens with zero attached hydrogens (tertiary/aromatic N) is 1. The molecule has 4 nitrogen and oxygen atoms in total. The maximum atomic E-state index is 9.81. The van der Waals surface area contributed by atoms with E-state index in [0.717, 1.165) is 10.0 Å². The number of aliphatic hydroxyl groups is 1. The summed E-state index contributed by atoms with van der Waals surface area (Å²) >= 11 is 9.66. The van der Waals surface area contributed by atoms with Crippen molar-refractivity contribution in [3.63, 3.8) is 0 Å². The van der Waals surface area contributed by atoms with E-state index in [-0.39, 0.29) is 6.61 Å². The zero-order chi connectivity index (χ0) is 16.4. The number of ether oxygens (including phenoxy) is 1. The Morgan fingerprint density at radius 3 is 2.83 bits per heavy atom. The number of hydrogen-bond acceptors (Lipinski definition) is 4. The van der Waals surface area contributed by atoms with Crippen LogP contribution in [0.25, 0.3) is 22.6 Å². The molecule has 0 fully saturated rings. The highest BCUT2D eigenvalue weighted by Crippen LogP contribution is 2.37. The first kappa shape index (κ1) is 16.1. The van der Waals surface area contributed by atoms with Crippen LogP contribution in [0.3, 0.4) is 0 Å². The number of aliphatic hydroxyl groups excluding tert-OH is 1. The molecule has 0 spiro atoms. The number of rotatable bonds is 4. The van der Waals surface area contributed by atoms with Crippen LogP contribution in [-0.2, 0) is 6.61 Å². The van der Waals surface area contributed by atoms with Gasteiger partial charge in [-0.05, 0) is 30.3 Å². The van der Waals surface area contributed by atoms with Crippen molar-refractivity contribution < 1.29 is 14.4 Å². The van der Waals surface area contributed by atoms with Gasteiger partial charge in [0.15, 0.2) is 5.76 Å². The SMILES string of the molecule is COc1cccc(-c2noc(-c3cc(Br)ccc3Cl)c2CO)c1. The minimum atomic E-state index is -0.214. The first-order valence-electron chi connectivity index (χ1n) is 6.83. The molecule has 0 aliphatic heterocycles. The molecule has 0 atom stereocenters. The lowest BCUT2D eigenvalue weighted by Crippen LogP contribution is -1.90. The van der Waals surface area contributed by atoms with E-state index in [4.69, 9.17) is 20.9 Å². The summed E-state index contributed by atoms with van der Waals surface area (Å²) in [7, 11) is 1.60. The summed E-state index contributed by atoms with van der Waals surface area (Å²) in [5.74, 6) is 1.16. The zero-order valence-electron chi connectivity index (χ0n) is 12.2. The molecule has 0 bridgehead atoms. The highest BCUT2D eigenvalue weighted by molar-refractivity contribution is 9.10. The molecule has 23 heavy (non-hydrogen) atoms. The maximum absolute atomic E-state index is 9.81. The fraction of sp³-hybridized carbons (Fsp3) is 0.118. The Hall–Kier alpha value is -1.82. The number of methoxy groups -OCH3 is 1. The summed E-state index contributed by atoms with van der Waals surface area (Å²) in [6.45, 7) is -0.214. The van der Waals surface area contributed by atoms with Crippen LogP contribution in [0.4, 0.5) is 0 Å². The molecule has 3 rings (SSSR count). The average Bonchev–Trinajstić information content (AvgIpc) is 3.00. The first-order chi connectivity index (χ1) is 11.1. The predicted molar refractivity (Wildman–Crippen MR) is 92.6 cm³/mol. The molecule has 0 unspecified atom stereocenters. The maximum Gasteiger partial charge on any atom is 0.174 e. The fourth-order valence-electron chi connectivity index (χ4n) is 2.34. The fourth-order valence-corrected chi connectivity index (χ4v) is 2.90. The lowest BCUT2D eigenvalue weighted by atomic mass is 10.0.